The van der Waals surface area contributed by atoms with Crippen LogP contribution in [-0.4, -0.2) is 44.6 Å². The lowest BCUT2D eigenvalue weighted by molar-refractivity contribution is 0.317. The number of fused-ring (bicyclic) bond motifs is 1. The van der Waals surface area contributed by atoms with Crippen LogP contribution in [0.1, 0.15) is 64.2 Å². The summed E-state index contributed by atoms with van der Waals surface area (Å²) in [6, 6.07) is 23.0. The minimum absolute atomic E-state index is 0.0802. The van der Waals surface area contributed by atoms with Gasteiger partial charge in [-0.15, -0.1) is 0 Å². The summed E-state index contributed by atoms with van der Waals surface area (Å²) < 4.78 is 0. The monoisotopic (exact) mass is 627 g/mol. The van der Waals surface area contributed by atoms with Gasteiger partial charge in [0.2, 0.25) is 5.95 Å². The van der Waals surface area contributed by atoms with E-state index >= 15 is 0 Å². The van der Waals surface area contributed by atoms with Crippen LogP contribution in [0.5, 0.6) is 0 Å². The summed E-state index contributed by atoms with van der Waals surface area (Å²) in [4.78, 5) is 20.5. The molecule has 3 aromatic heterocycles. The van der Waals surface area contributed by atoms with E-state index in [9.17, 15) is 5.26 Å². The molecule has 0 saturated carbocycles. The molecule has 242 valence electrons. The highest BCUT2D eigenvalue weighted by molar-refractivity contribution is 5.97. The number of aryl methyl sites for hydroxylation is 1. The molecule has 5 aromatic rings. The van der Waals surface area contributed by atoms with E-state index in [4.69, 9.17) is 4.98 Å². The van der Waals surface area contributed by atoms with Crippen LogP contribution in [0.2, 0.25) is 0 Å². The van der Waals surface area contributed by atoms with Crippen molar-refractivity contribution in [3.8, 4) is 17.3 Å². The lowest BCUT2D eigenvalue weighted by atomic mass is 9.98. The predicted octanol–water partition coefficient (Wildman–Crippen LogP) is 8.01. The molecule has 0 atom stereocenters. The number of piperidine rings is 1. The Morgan fingerprint density at radius 3 is 2.45 bits per heavy atom. The first kappa shape index (κ1) is 33.3. The van der Waals surface area contributed by atoms with E-state index in [-0.39, 0.29) is 5.54 Å². The molecular formula is C38H45N9. The maximum atomic E-state index is 10.4. The molecule has 0 radical (unpaired) electrons. The normalized spacial score (nSPS) is 13.4. The quantitative estimate of drug-likeness (QED) is 0.157. The van der Waals surface area contributed by atoms with Gasteiger partial charge in [0.1, 0.15) is 17.5 Å². The molecule has 3 N–H and O–H groups in total. The number of para-hydroxylation sites is 1. The summed E-state index contributed by atoms with van der Waals surface area (Å²) in [6.45, 7) is 15.0. The van der Waals surface area contributed by atoms with E-state index in [1.165, 1.54) is 0 Å². The summed E-state index contributed by atoms with van der Waals surface area (Å²) in [5.41, 5.74) is 7.34. The molecule has 0 amide bonds. The highest BCUT2D eigenvalue weighted by Gasteiger charge is 2.27. The zero-order valence-corrected chi connectivity index (χ0v) is 28.3. The van der Waals surface area contributed by atoms with Crippen LogP contribution in [0, 0.1) is 18.3 Å². The Balaban J connectivity index is 0.00000213. The first-order chi connectivity index (χ1) is 22.8. The van der Waals surface area contributed by atoms with Crippen molar-refractivity contribution in [2.24, 2.45) is 0 Å². The second-order valence-electron chi connectivity index (χ2n) is 12.6. The summed E-state index contributed by atoms with van der Waals surface area (Å²) in [5.74, 6) is 1.14. The van der Waals surface area contributed by atoms with E-state index < -0.39 is 0 Å². The second-order valence-corrected chi connectivity index (χ2v) is 12.6. The van der Waals surface area contributed by atoms with Crippen molar-refractivity contribution in [1.82, 2.24) is 25.3 Å². The topological polar surface area (TPSA) is 115 Å². The maximum Gasteiger partial charge on any atom is 0.227 e. The third-order valence-corrected chi connectivity index (χ3v) is 8.04. The second kappa shape index (κ2) is 15.0. The minimum Gasteiger partial charge on any atom is -0.370 e. The van der Waals surface area contributed by atoms with Crippen molar-refractivity contribution in [2.45, 2.75) is 72.5 Å². The molecule has 4 heterocycles. The average Bonchev–Trinajstić information content (AvgIpc) is 3.09. The molecule has 0 aliphatic carbocycles. The van der Waals surface area contributed by atoms with Crippen molar-refractivity contribution in [2.75, 3.05) is 28.6 Å². The zero-order chi connectivity index (χ0) is 33.4. The molecule has 0 bridgehead atoms. The van der Waals surface area contributed by atoms with Gasteiger partial charge in [-0.25, -0.2) is 15.0 Å². The number of nitrogens with one attached hydrogen (secondary N) is 3. The van der Waals surface area contributed by atoms with Gasteiger partial charge in [-0.2, -0.15) is 5.26 Å². The number of pyridine rings is 2. The van der Waals surface area contributed by atoms with Gasteiger partial charge in [0, 0.05) is 66.4 Å². The Labute approximate surface area is 278 Å². The lowest BCUT2D eigenvalue weighted by Gasteiger charge is -2.38. The first-order valence-electron chi connectivity index (χ1n) is 16.5. The van der Waals surface area contributed by atoms with Gasteiger partial charge < -0.3 is 20.9 Å². The highest BCUT2D eigenvalue weighted by atomic mass is 15.2. The number of hydrogen-bond donors (Lipinski definition) is 3. The number of hydrogen-bond acceptors (Lipinski definition) is 9. The van der Waals surface area contributed by atoms with Crippen molar-refractivity contribution >= 4 is 34.0 Å². The van der Waals surface area contributed by atoms with Gasteiger partial charge in [-0.3, -0.25) is 4.98 Å². The van der Waals surface area contributed by atoms with Crippen LogP contribution in [-0.2, 0) is 6.54 Å². The summed E-state index contributed by atoms with van der Waals surface area (Å²) >= 11 is 0. The molecule has 1 aliphatic rings. The fourth-order valence-corrected chi connectivity index (χ4v) is 5.99. The highest BCUT2D eigenvalue weighted by Crippen LogP contribution is 2.36. The van der Waals surface area contributed by atoms with Gasteiger partial charge >= 0.3 is 0 Å². The molecule has 2 aromatic carbocycles. The van der Waals surface area contributed by atoms with Crippen LogP contribution in [0.15, 0.2) is 79.3 Å². The molecule has 9 heteroatoms. The third-order valence-electron chi connectivity index (χ3n) is 8.04. The van der Waals surface area contributed by atoms with Crippen molar-refractivity contribution in [3.05, 3.63) is 95.9 Å². The summed E-state index contributed by atoms with van der Waals surface area (Å²) in [7, 11) is 0. The van der Waals surface area contributed by atoms with Crippen LogP contribution in [0.3, 0.4) is 0 Å². The number of nitrogens with zero attached hydrogens (tertiary/aromatic N) is 6. The lowest BCUT2D eigenvalue weighted by Crippen LogP contribution is -2.49. The maximum absolute atomic E-state index is 10.4. The number of benzene rings is 2. The Bertz CT molecular complexity index is 1830. The zero-order valence-electron chi connectivity index (χ0n) is 28.3. The number of anilines is 4. The fraction of sp³-hybridized carbons (Fsp3) is 0.342. The van der Waals surface area contributed by atoms with E-state index in [1.807, 2.05) is 56.3 Å². The first-order valence-corrected chi connectivity index (χ1v) is 16.5. The molecule has 9 nitrogen and oxygen atoms in total. The third kappa shape index (κ3) is 8.21. The van der Waals surface area contributed by atoms with Crippen LogP contribution in [0.25, 0.3) is 22.2 Å². The van der Waals surface area contributed by atoms with Gasteiger partial charge in [0.15, 0.2) is 0 Å². The Kier molecular flexibility index (Phi) is 10.6. The minimum atomic E-state index is 0.0802. The average molecular weight is 628 g/mol. The Morgan fingerprint density at radius 1 is 0.957 bits per heavy atom. The molecular weight excluding hydrogens is 582 g/mol. The number of aromatic nitrogens is 4. The SMILES string of the molecule is CC.Cc1cc(CNc2nc3ccccc3c(N3CCC(NC(C)(C)C)CC3)c2C#N)ccc1Nc1nccc(-c2cccnc2)n1. The largest absolute Gasteiger partial charge is 0.370 e. The molecule has 0 unspecified atom stereocenters. The molecule has 6 rings (SSSR count). The summed E-state index contributed by atoms with van der Waals surface area (Å²) in [5, 5.41) is 22.0. The van der Waals surface area contributed by atoms with Crippen molar-refractivity contribution in [3.63, 3.8) is 0 Å². The molecule has 1 saturated heterocycles. The van der Waals surface area contributed by atoms with E-state index in [0.717, 1.165) is 70.6 Å². The van der Waals surface area contributed by atoms with Crippen molar-refractivity contribution < 1.29 is 0 Å². The van der Waals surface area contributed by atoms with Gasteiger partial charge in [-0.1, -0.05) is 44.2 Å². The molecule has 47 heavy (non-hydrogen) atoms. The van der Waals surface area contributed by atoms with Gasteiger partial charge in [-0.05, 0) is 82.0 Å². The molecule has 1 fully saturated rings. The van der Waals surface area contributed by atoms with E-state index in [0.29, 0.717) is 29.9 Å². The van der Waals surface area contributed by atoms with Crippen LogP contribution in [0.4, 0.5) is 23.1 Å². The predicted molar refractivity (Wildman–Crippen MR) is 193 cm³/mol. The Hall–Kier alpha value is -5.07. The summed E-state index contributed by atoms with van der Waals surface area (Å²) in [6.07, 6.45) is 7.33. The number of rotatable bonds is 8. The molecule has 0 spiro atoms. The standard InChI is InChI=1S/C36H39N9.C2H6/c1-24-20-25(11-12-30(24)42-35-39-17-13-31(43-35)26-8-7-16-38-23-26)22-40-34-29(21-37)33(28-9-5-6-10-32(28)41-34)45-18-14-27(15-19-45)44-36(2,3)4;1-2/h5-13,16-17,20,23,27,44H,14-15,18-19,22H2,1-4H3,(H,40,41)(H,39,42,43);1-2H3. The number of nitriles is 1. The Morgan fingerprint density at radius 2 is 1.74 bits per heavy atom. The van der Waals surface area contributed by atoms with Crippen LogP contribution >= 0.6 is 0 Å². The van der Waals surface area contributed by atoms with Gasteiger partial charge in [0.25, 0.3) is 0 Å². The van der Waals surface area contributed by atoms with Gasteiger partial charge in [0.05, 0.1) is 16.9 Å². The van der Waals surface area contributed by atoms with E-state index in [2.05, 4.69) is 87.8 Å². The smallest absolute Gasteiger partial charge is 0.227 e. The van der Waals surface area contributed by atoms with E-state index in [1.54, 1.807) is 18.6 Å². The van der Waals surface area contributed by atoms with Crippen LogP contribution < -0.4 is 20.9 Å². The molecule has 1 aliphatic heterocycles. The van der Waals surface area contributed by atoms with Crippen molar-refractivity contribution in [1.29, 1.82) is 5.26 Å². The fourth-order valence-electron chi connectivity index (χ4n) is 5.99.